The van der Waals surface area contributed by atoms with Crippen LogP contribution in [0.3, 0.4) is 0 Å². The molecule has 0 aromatic heterocycles. The van der Waals surface area contributed by atoms with Crippen molar-refractivity contribution >= 4 is 8.32 Å². The second-order valence-corrected chi connectivity index (χ2v) is 11.5. The molecule has 6 heteroatoms. The Labute approximate surface area is 192 Å². The fraction of sp³-hybridized carbons (Fsp3) is 0.500. The van der Waals surface area contributed by atoms with E-state index in [1.54, 1.807) is 0 Å². The van der Waals surface area contributed by atoms with E-state index in [1.807, 2.05) is 25.1 Å². The second-order valence-electron chi connectivity index (χ2n) is 7.03. The van der Waals surface area contributed by atoms with E-state index in [9.17, 15) is 0 Å². The minimum atomic E-state index is -1.50. The van der Waals surface area contributed by atoms with Crippen LogP contribution in [0.5, 0.6) is 11.5 Å². The van der Waals surface area contributed by atoms with Gasteiger partial charge in [0.15, 0.2) is 0 Å². The summed E-state index contributed by atoms with van der Waals surface area (Å²) in [4.78, 5) is 0. The van der Waals surface area contributed by atoms with Gasteiger partial charge in [0.25, 0.3) is 0 Å². The summed E-state index contributed by atoms with van der Waals surface area (Å²) in [5.41, 5.74) is 7.34. The van der Waals surface area contributed by atoms with E-state index >= 15 is 0 Å². The topological polar surface area (TPSA) is 18.5 Å². The molecule has 2 rings (SSSR count). The molecule has 0 aliphatic heterocycles. The van der Waals surface area contributed by atoms with Gasteiger partial charge in [0.1, 0.15) is 0 Å². The van der Waals surface area contributed by atoms with Crippen LogP contribution >= 0.6 is 0 Å². The maximum absolute atomic E-state index is 5.84. The SMILES string of the molecule is CCO[c-]1cccc1O[Si](C)(C)C.Cc1c(C)c(C)[c-](C)c1C.[Cl-].[Cl-].[Zr+4]. The summed E-state index contributed by atoms with van der Waals surface area (Å²) in [6, 6.07) is 5.86. The number of hydrogen-bond acceptors (Lipinski definition) is 2. The number of hydrogen-bond donors (Lipinski definition) is 0. The van der Waals surface area contributed by atoms with Crippen molar-refractivity contribution in [1.82, 2.24) is 0 Å². The van der Waals surface area contributed by atoms with Crippen molar-refractivity contribution in [3.8, 4) is 11.5 Å². The smallest absolute Gasteiger partial charge is 1.00 e. The van der Waals surface area contributed by atoms with Gasteiger partial charge < -0.3 is 34.0 Å². The zero-order valence-electron chi connectivity index (χ0n) is 17.5. The van der Waals surface area contributed by atoms with E-state index in [0.717, 1.165) is 11.5 Å². The predicted molar refractivity (Wildman–Crippen MR) is 103 cm³/mol. The van der Waals surface area contributed by atoms with Crippen molar-refractivity contribution in [2.45, 2.75) is 61.2 Å². The number of rotatable bonds is 4. The first-order chi connectivity index (χ1) is 10.6. The molecule has 0 amide bonds. The third-order valence-electron chi connectivity index (χ3n) is 4.27. The normalized spacial score (nSPS) is 9.73. The zero-order valence-corrected chi connectivity index (χ0v) is 22.5. The average Bonchev–Trinajstić information content (AvgIpc) is 2.95. The molecule has 0 aliphatic carbocycles. The predicted octanol–water partition coefficient (Wildman–Crippen LogP) is -0.0290. The van der Waals surface area contributed by atoms with Crippen LogP contribution in [0.25, 0.3) is 0 Å². The minimum absolute atomic E-state index is 0. The molecule has 0 saturated carbocycles. The summed E-state index contributed by atoms with van der Waals surface area (Å²) < 4.78 is 11.3. The van der Waals surface area contributed by atoms with Gasteiger partial charge in [-0.3, -0.25) is 0 Å². The van der Waals surface area contributed by atoms with E-state index in [4.69, 9.17) is 9.16 Å². The van der Waals surface area contributed by atoms with Crippen LogP contribution in [0.1, 0.15) is 34.7 Å². The van der Waals surface area contributed by atoms with Crippen molar-refractivity contribution in [1.29, 1.82) is 0 Å². The van der Waals surface area contributed by atoms with Gasteiger partial charge in [-0.1, -0.05) is 34.6 Å². The van der Waals surface area contributed by atoms with Gasteiger partial charge in [-0.25, -0.2) is 6.07 Å². The molecule has 2 aromatic rings. The maximum atomic E-state index is 5.84. The quantitative estimate of drug-likeness (QED) is 0.439. The summed E-state index contributed by atoms with van der Waals surface area (Å²) in [7, 11) is -1.50. The van der Waals surface area contributed by atoms with Crippen molar-refractivity contribution in [2.75, 3.05) is 6.61 Å². The van der Waals surface area contributed by atoms with Crippen molar-refractivity contribution in [2.24, 2.45) is 0 Å². The molecule has 146 valence electrons. The zero-order chi connectivity index (χ0) is 17.8. The number of halogens is 2. The summed E-state index contributed by atoms with van der Waals surface area (Å²) in [6.07, 6.45) is 0. The molecule has 0 spiro atoms. The van der Waals surface area contributed by atoms with Gasteiger partial charge >= 0.3 is 26.2 Å². The second kappa shape index (κ2) is 13.2. The third kappa shape index (κ3) is 8.78. The van der Waals surface area contributed by atoms with Gasteiger partial charge in [0.05, 0.1) is 6.61 Å². The van der Waals surface area contributed by atoms with Crippen LogP contribution in [-0.2, 0) is 26.2 Å². The van der Waals surface area contributed by atoms with Crippen molar-refractivity contribution in [3.63, 3.8) is 0 Å². The van der Waals surface area contributed by atoms with Gasteiger partial charge in [-0.15, -0.1) is 6.07 Å². The van der Waals surface area contributed by atoms with Gasteiger partial charge in [-0.05, 0) is 26.6 Å². The Morgan fingerprint density at radius 1 is 0.962 bits per heavy atom. The summed E-state index contributed by atoms with van der Waals surface area (Å²) in [5, 5.41) is 0. The van der Waals surface area contributed by atoms with Crippen LogP contribution in [0, 0.1) is 34.6 Å². The Morgan fingerprint density at radius 3 is 1.73 bits per heavy atom. The summed E-state index contributed by atoms with van der Waals surface area (Å²) in [5.74, 6) is 1.76. The first-order valence-electron chi connectivity index (χ1n) is 8.35. The van der Waals surface area contributed by atoms with E-state index in [-0.39, 0.29) is 51.0 Å². The van der Waals surface area contributed by atoms with E-state index in [2.05, 4.69) is 54.3 Å². The van der Waals surface area contributed by atoms with Crippen LogP contribution < -0.4 is 34.0 Å². The Kier molecular flexibility index (Phi) is 15.6. The summed E-state index contributed by atoms with van der Waals surface area (Å²) in [6.45, 7) is 20.1. The molecule has 0 unspecified atom stereocenters. The van der Waals surface area contributed by atoms with Gasteiger partial charge in [-0.2, -0.15) is 33.9 Å². The summed E-state index contributed by atoms with van der Waals surface area (Å²) >= 11 is 0. The molecular formula is C20H32Cl2O2SiZr. The van der Waals surface area contributed by atoms with Crippen molar-refractivity contribution < 1.29 is 60.2 Å². The van der Waals surface area contributed by atoms with E-state index in [1.165, 1.54) is 27.8 Å². The van der Waals surface area contributed by atoms with Crippen LogP contribution in [0.15, 0.2) is 18.2 Å². The number of ether oxygens (including phenoxy) is 1. The molecule has 0 fully saturated rings. The molecule has 2 nitrogen and oxygen atoms in total. The van der Waals surface area contributed by atoms with Crippen LogP contribution in [0.2, 0.25) is 19.6 Å². The molecule has 0 radical (unpaired) electrons. The fourth-order valence-corrected chi connectivity index (χ4v) is 3.31. The van der Waals surface area contributed by atoms with Crippen LogP contribution in [0.4, 0.5) is 0 Å². The van der Waals surface area contributed by atoms with Crippen molar-refractivity contribution in [3.05, 3.63) is 46.0 Å². The van der Waals surface area contributed by atoms with Gasteiger partial charge in [0, 0.05) is 11.5 Å². The van der Waals surface area contributed by atoms with E-state index in [0.29, 0.717) is 6.61 Å². The Balaban J connectivity index is -0.000000374. The largest absolute Gasteiger partial charge is 4.00 e. The van der Waals surface area contributed by atoms with E-state index < -0.39 is 8.32 Å². The molecule has 2 aromatic carbocycles. The minimum Gasteiger partial charge on any atom is -1.00 e. The Morgan fingerprint density at radius 2 is 1.42 bits per heavy atom. The average molecular weight is 495 g/mol. The van der Waals surface area contributed by atoms with Crippen LogP contribution in [-0.4, -0.2) is 14.9 Å². The Bertz CT molecular complexity index is 563. The van der Waals surface area contributed by atoms with Gasteiger partial charge in [0.2, 0.25) is 8.32 Å². The molecular weight excluding hydrogens is 462 g/mol. The first-order valence-corrected chi connectivity index (χ1v) is 11.8. The first kappa shape index (κ1) is 30.7. The molecule has 0 bridgehead atoms. The molecule has 0 N–H and O–H groups in total. The third-order valence-corrected chi connectivity index (χ3v) is 5.10. The Hall–Kier alpha value is -0.0200. The molecule has 0 aliphatic rings. The molecule has 0 heterocycles. The molecule has 26 heavy (non-hydrogen) atoms. The monoisotopic (exact) mass is 492 g/mol. The molecule has 0 atom stereocenters. The fourth-order valence-electron chi connectivity index (χ4n) is 2.48. The standard InChI is InChI=1S/C10H17O2Si.C10H15.2ClH.Zr/c1-5-11-9-7-6-8-10(9)12-13(2,3)4;1-6-7(2)9(4)10(5)8(6)3;;;/h6-8H,5H2,1-4H3;1-5H3;2*1H;/q2*-1;;;+4/p-2. The molecule has 0 saturated heterocycles. The maximum Gasteiger partial charge on any atom is 4.00 e.